The fraction of sp³-hybridized carbons (Fsp3) is 0.641. The van der Waals surface area contributed by atoms with Crippen LogP contribution in [0.15, 0.2) is 72.9 Å². The van der Waals surface area contributed by atoms with Crippen molar-refractivity contribution in [3.63, 3.8) is 0 Å². The molecule has 0 aromatic carbocycles. The number of carbonyl (C=O) groups excluding carboxylic acids is 2. The Morgan fingerprint density at radius 2 is 1.08 bits per heavy atom. The molecule has 1 aliphatic carbocycles. The molecule has 0 aromatic heterocycles. The van der Waals surface area contributed by atoms with Gasteiger partial charge in [-0.15, -0.1) is 0 Å². The number of rotatable bonds is 28. The van der Waals surface area contributed by atoms with E-state index in [0.29, 0.717) is 19.3 Å². The molecule has 1 aliphatic rings. The van der Waals surface area contributed by atoms with E-state index in [2.05, 4.69) is 68.5 Å². The van der Waals surface area contributed by atoms with Gasteiger partial charge in [-0.05, 0) is 51.4 Å². The quantitative estimate of drug-likeness (QED) is 0.0248. The fourth-order valence-corrected chi connectivity index (χ4v) is 5.99. The zero-order valence-electron chi connectivity index (χ0n) is 31.3. The van der Waals surface area contributed by atoms with Gasteiger partial charge in [0.05, 0.1) is 6.61 Å². The number of hydrogen-bond donors (Lipinski definition) is 6. The molecule has 302 valence electrons. The maximum atomic E-state index is 12.7. The number of allylic oxidation sites excluding steroid dienone is 12. The minimum absolute atomic E-state index is 0.0319. The van der Waals surface area contributed by atoms with Crippen LogP contribution in [0.25, 0.3) is 0 Å². The number of esters is 2. The normalized spacial score (nSPS) is 24.3. The Labute approximate surface area is 315 Å². The number of aliphatic hydroxyl groups excluding tert-OH is 5. The predicted octanol–water partition coefficient (Wildman–Crippen LogP) is 5.60. The molecule has 0 aliphatic heterocycles. The zero-order valence-corrected chi connectivity index (χ0v) is 32.2. The van der Waals surface area contributed by atoms with Crippen molar-refractivity contribution in [1.82, 2.24) is 0 Å². The minimum atomic E-state index is -5.12. The molecule has 0 heterocycles. The standard InChI is InChI=1S/C39H63O13P/c1-3-5-7-9-10-11-12-13-14-15-16-17-18-19-20-21-22-24-26-28-33(41)51-31(29-49-32(40)27-25-23-8-6-4-2)30-50-53(47,48)52-39-37(45)35(43)34(42)36(44)38(39)46/h5,7,10-11,13-14,16-17,19-20,22,24,31,34-39,42-46H,3-4,6,8-9,12,15,18,21,23,25-30H2,1-2H3,(H,47,48)/b7-5-,11-10-,14-13-,17-16-,20-19-,24-22-. The van der Waals surface area contributed by atoms with Crippen molar-refractivity contribution in [3.05, 3.63) is 72.9 Å². The molecule has 6 N–H and O–H groups in total. The van der Waals surface area contributed by atoms with E-state index < -0.39 is 75.7 Å². The Morgan fingerprint density at radius 3 is 1.58 bits per heavy atom. The Balaban J connectivity index is 2.55. The van der Waals surface area contributed by atoms with Crippen LogP contribution in [0.3, 0.4) is 0 Å². The van der Waals surface area contributed by atoms with E-state index in [1.54, 1.807) is 0 Å². The number of aliphatic hydroxyl groups is 5. The maximum Gasteiger partial charge on any atom is 0.472 e. The van der Waals surface area contributed by atoms with Crippen LogP contribution < -0.4 is 0 Å². The third-order valence-corrected chi connectivity index (χ3v) is 9.06. The second-order valence-corrected chi connectivity index (χ2v) is 14.1. The molecular formula is C39H63O13P. The van der Waals surface area contributed by atoms with Crippen molar-refractivity contribution in [1.29, 1.82) is 0 Å². The van der Waals surface area contributed by atoms with Crippen LogP contribution >= 0.6 is 7.82 Å². The Kier molecular flexibility index (Phi) is 27.0. The second-order valence-electron chi connectivity index (χ2n) is 12.7. The van der Waals surface area contributed by atoms with Gasteiger partial charge in [0.25, 0.3) is 0 Å². The van der Waals surface area contributed by atoms with Gasteiger partial charge in [0.1, 0.15) is 43.2 Å². The van der Waals surface area contributed by atoms with Crippen molar-refractivity contribution in [2.75, 3.05) is 13.2 Å². The summed E-state index contributed by atoms with van der Waals surface area (Å²) < 4.78 is 33.0. The summed E-state index contributed by atoms with van der Waals surface area (Å²) in [7, 11) is -5.12. The summed E-state index contributed by atoms with van der Waals surface area (Å²) in [5.41, 5.74) is 0. The van der Waals surface area contributed by atoms with Crippen LogP contribution in [0, 0.1) is 0 Å². The van der Waals surface area contributed by atoms with Gasteiger partial charge in [-0.3, -0.25) is 18.6 Å². The largest absolute Gasteiger partial charge is 0.472 e. The van der Waals surface area contributed by atoms with Crippen LogP contribution in [0.5, 0.6) is 0 Å². The SMILES string of the molecule is CC/C=C\C/C=C\C/C=C\C/C=C\C/C=C\C/C=C\CCC(=O)OC(COC(=O)CCCCCCC)COP(=O)(O)OC1C(O)C(O)C(O)C(O)C1O. The monoisotopic (exact) mass is 770 g/mol. The summed E-state index contributed by atoms with van der Waals surface area (Å²) in [4.78, 5) is 35.1. The maximum absolute atomic E-state index is 12.7. The molecule has 0 amide bonds. The third kappa shape index (κ3) is 23.0. The lowest BCUT2D eigenvalue weighted by atomic mass is 9.85. The summed E-state index contributed by atoms with van der Waals surface area (Å²) in [5, 5.41) is 49.8. The predicted molar refractivity (Wildman–Crippen MR) is 202 cm³/mol. The van der Waals surface area contributed by atoms with Crippen LogP contribution in [0.2, 0.25) is 0 Å². The van der Waals surface area contributed by atoms with Crippen LogP contribution in [-0.2, 0) is 32.7 Å². The number of hydrogen-bond acceptors (Lipinski definition) is 12. The van der Waals surface area contributed by atoms with E-state index in [4.69, 9.17) is 18.5 Å². The van der Waals surface area contributed by atoms with Crippen molar-refractivity contribution in [2.24, 2.45) is 0 Å². The Bertz CT molecular complexity index is 1210. The average molecular weight is 771 g/mol. The van der Waals surface area contributed by atoms with Gasteiger partial charge < -0.3 is 39.9 Å². The topological polar surface area (TPSA) is 210 Å². The fourth-order valence-electron chi connectivity index (χ4n) is 5.02. The molecule has 6 unspecified atom stereocenters. The molecule has 0 saturated heterocycles. The summed E-state index contributed by atoms with van der Waals surface area (Å²) in [5.74, 6) is -1.22. The number of carbonyl (C=O) groups is 2. The van der Waals surface area contributed by atoms with E-state index in [0.717, 1.165) is 57.8 Å². The number of unbranched alkanes of at least 4 members (excludes halogenated alkanes) is 4. The molecule has 0 radical (unpaired) electrons. The number of ether oxygens (including phenoxy) is 2. The molecule has 0 spiro atoms. The lowest BCUT2D eigenvalue weighted by molar-refractivity contribution is -0.220. The van der Waals surface area contributed by atoms with Crippen molar-refractivity contribution >= 4 is 19.8 Å². The van der Waals surface area contributed by atoms with Crippen molar-refractivity contribution < 1.29 is 63.1 Å². The smallest absolute Gasteiger partial charge is 0.462 e. The summed E-state index contributed by atoms with van der Waals surface area (Å²) in [6, 6.07) is 0. The van der Waals surface area contributed by atoms with Gasteiger partial charge in [-0.25, -0.2) is 4.57 Å². The molecular weight excluding hydrogens is 707 g/mol. The van der Waals surface area contributed by atoms with Gasteiger partial charge in [-0.2, -0.15) is 0 Å². The van der Waals surface area contributed by atoms with E-state index in [9.17, 15) is 44.6 Å². The molecule has 1 rings (SSSR count). The van der Waals surface area contributed by atoms with E-state index in [1.165, 1.54) is 0 Å². The first-order valence-corrected chi connectivity index (χ1v) is 20.2. The van der Waals surface area contributed by atoms with Gasteiger partial charge in [0.15, 0.2) is 6.10 Å². The molecule has 0 aromatic rings. The molecule has 1 fully saturated rings. The third-order valence-electron chi connectivity index (χ3n) is 8.08. The first kappa shape index (κ1) is 48.3. The summed E-state index contributed by atoms with van der Waals surface area (Å²) in [6.45, 7) is 2.96. The molecule has 1 saturated carbocycles. The molecule has 14 heteroatoms. The lowest BCUT2D eigenvalue weighted by Crippen LogP contribution is -2.64. The number of phosphoric ester groups is 1. The van der Waals surface area contributed by atoms with E-state index >= 15 is 0 Å². The van der Waals surface area contributed by atoms with Gasteiger partial charge in [-0.1, -0.05) is 112 Å². The second kappa shape index (κ2) is 29.6. The number of phosphoric acid groups is 1. The molecule has 6 atom stereocenters. The highest BCUT2D eigenvalue weighted by molar-refractivity contribution is 7.47. The lowest BCUT2D eigenvalue weighted by Gasteiger charge is -2.41. The first-order valence-electron chi connectivity index (χ1n) is 18.7. The highest BCUT2D eigenvalue weighted by Crippen LogP contribution is 2.47. The molecule has 53 heavy (non-hydrogen) atoms. The summed E-state index contributed by atoms with van der Waals surface area (Å²) >= 11 is 0. The highest BCUT2D eigenvalue weighted by Gasteiger charge is 2.51. The van der Waals surface area contributed by atoms with Crippen LogP contribution in [0.1, 0.15) is 104 Å². The highest BCUT2D eigenvalue weighted by atomic mass is 31.2. The Hall–Kier alpha value is -2.71. The van der Waals surface area contributed by atoms with Gasteiger partial charge >= 0.3 is 19.8 Å². The van der Waals surface area contributed by atoms with E-state index in [-0.39, 0.29) is 12.8 Å². The zero-order chi connectivity index (χ0) is 39.3. The molecule has 13 nitrogen and oxygen atoms in total. The van der Waals surface area contributed by atoms with Crippen molar-refractivity contribution in [3.8, 4) is 0 Å². The van der Waals surface area contributed by atoms with Crippen molar-refractivity contribution in [2.45, 2.75) is 146 Å². The van der Waals surface area contributed by atoms with Crippen LogP contribution in [0.4, 0.5) is 0 Å². The minimum Gasteiger partial charge on any atom is -0.462 e. The van der Waals surface area contributed by atoms with Gasteiger partial charge in [0, 0.05) is 12.8 Å². The molecule has 0 bridgehead atoms. The first-order chi connectivity index (χ1) is 25.4. The average Bonchev–Trinajstić information content (AvgIpc) is 3.13. The summed E-state index contributed by atoms with van der Waals surface area (Å²) in [6.07, 6.45) is 22.0. The van der Waals surface area contributed by atoms with Crippen LogP contribution in [-0.4, -0.2) is 98.3 Å². The Morgan fingerprint density at radius 1 is 0.604 bits per heavy atom. The van der Waals surface area contributed by atoms with E-state index in [1.807, 2.05) is 18.2 Å². The van der Waals surface area contributed by atoms with Gasteiger partial charge in [0.2, 0.25) is 0 Å².